The van der Waals surface area contributed by atoms with Crippen LogP contribution in [-0.2, 0) is 6.42 Å². The van der Waals surface area contributed by atoms with Crippen molar-refractivity contribution >= 4 is 28.5 Å². The fraction of sp³-hybridized carbons (Fsp3) is 0.125. The van der Waals surface area contributed by atoms with Crippen LogP contribution in [0.1, 0.15) is 27.0 Å². The van der Waals surface area contributed by atoms with Gasteiger partial charge >= 0.3 is 0 Å². The lowest BCUT2D eigenvalue weighted by Gasteiger charge is -2.12. The number of carbonyl (C=O) groups excluding carboxylic acids is 1. The molecule has 0 atom stereocenters. The van der Waals surface area contributed by atoms with Gasteiger partial charge in [0.2, 0.25) is 0 Å². The van der Waals surface area contributed by atoms with Crippen LogP contribution in [0.4, 0.5) is 4.39 Å². The van der Waals surface area contributed by atoms with E-state index in [4.69, 9.17) is 17.4 Å². The molecule has 7 heteroatoms. The smallest absolute Gasteiger partial charge is 0.265 e. The number of carbonyl (C=O) groups is 1. The van der Waals surface area contributed by atoms with Gasteiger partial charge in [-0.15, -0.1) is 0 Å². The Morgan fingerprint density at radius 3 is 2.91 bits per heavy atom. The van der Waals surface area contributed by atoms with Crippen molar-refractivity contribution in [2.45, 2.75) is 13.3 Å². The molecule has 0 aliphatic heterocycles. The average Bonchev–Trinajstić information content (AvgIpc) is 3.00. The van der Waals surface area contributed by atoms with E-state index in [1.807, 2.05) is 13.0 Å². The van der Waals surface area contributed by atoms with E-state index in [0.717, 1.165) is 11.1 Å². The minimum Gasteiger partial charge on any atom is -0.344 e. The van der Waals surface area contributed by atoms with Crippen LogP contribution >= 0.6 is 11.6 Å². The van der Waals surface area contributed by atoms with Crippen molar-refractivity contribution in [2.24, 2.45) is 5.84 Å². The molecule has 118 valence electrons. The first-order chi connectivity index (χ1) is 11.0. The summed E-state index contributed by atoms with van der Waals surface area (Å²) in [5, 5.41) is 0.606. The molecule has 0 aliphatic rings. The highest BCUT2D eigenvalue weighted by Crippen LogP contribution is 2.26. The zero-order valence-electron chi connectivity index (χ0n) is 12.3. The van der Waals surface area contributed by atoms with Gasteiger partial charge in [0, 0.05) is 22.6 Å². The van der Waals surface area contributed by atoms with Crippen molar-refractivity contribution in [3.63, 3.8) is 0 Å². The molecule has 0 saturated carbocycles. The molecule has 2 aromatic carbocycles. The first-order valence-electron chi connectivity index (χ1n) is 6.91. The van der Waals surface area contributed by atoms with Crippen molar-refractivity contribution in [1.29, 1.82) is 0 Å². The van der Waals surface area contributed by atoms with Crippen LogP contribution in [0, 0.1) is 12.7 Å². The van der Waals surface area contributed by atoms with Crippen LogP contribution in [0.2, 0.25) is 5.02 Å². The predicted octanol–water partition coefficient (Wildman–Crippen LogP) is 2.86. The van der Waals surface area contributed by atoms with Gasteiger partial charge in [0.1, 0.15) is 5.52 Å². The molecule has 1 aromatic heterocycles. The fourth-order valence-corrected chi connectivity index (χ4v) is 2.81. The minimum atomic E-state index is -0.554. The Morgan fingerprint density at radius 2 is 2.22 bits per heavy atom. The third-order valence-corrected chi connectivity index (χ3v) is 4.04. The van der Waals surface area contributed by atoms with Crippen LogP contribution in [0.25, 0.3) is 11.0 Å². The largest absolute Gasteiger partial charge is 0.344 e. The number of nitrogens with zero attached hydrogens (tertiary/aromatic N) is 1. The average molecular weight is 333 g/mol. The second kappa shape index (κ2) is 5.98. The van der Waals surface area contributed by atoms with Crippen molar-refractivity contribution in [1.82, 2.24) is 15.4 Å². The van der Waals surface area contributed by atoms with Crippen molar-refractivity contribution in [3.8, 4) is 0 Å². The van der Waals surface area contributed by atoms with Gasteiger partial charge in [0.15, 0.2) is 5.82 Å². The number of rotatable bonds is 3. The SMILES string of the molecule is Cc1cc(Cl)ccc1Cc1c(C(=O)NN)cc2[nH]cnc2c1F. The van der Waals surface area contributed by atoms with Gasteiger partial charge in [-0.25, -0.2) is 15.2 Å². The second-order valence-electron chi connectivity index (χ2n) is 5.24. The number of aromatic nitrogens is 2. The third kappa shape index (κ3) is 2.78. The van der Waals surface area contributed by atoms with Gasteiger partial charge in [-0.2, -0.15) is 0 Å². The number of benzene rings is 2. The van der Waals surface area contributed by atoms with Crippen molar-refractivity contribution in [2.75, 3.05) is 0 Å². The summed E-state index contributed by atoms with van der Waals surface area (Å²) in [6, 6.07) is 6.90. The maximum atomic E-state index is 14.8. The van der Waals surface area contributed by atoms with E-state index in [2.05, 4.69) is 15.4 Å². The predicted molar refractivity (Wildman–Crippen MR) is 86.7 cm³/mol. The molecule has 1 heterocycles. The number of halogens is 2. The highest BCUT2D eigenvalue weighted by molar-refractivity contribution is 6.30. The van der Waals surface area contributed by atoms with E-state index in [0.29, 0.717) is 10.5 Å². The molecule has 5 nitrogen and oxygen atoms in total. The number of amides is 1. The normalized spacial score (nSPS) is 11.0. The number of aryl methyl sites for hydroxylation is 1. The maximum Gasteiger partial charge on any atom is 0.265 e. The molecule has 0 bridgehead atoms. The lowest BCUT2D eigenvalue weighted by molar-refractivity contribution is 0.0952. The van der Waals surface area contributed by atoms with Crippen LogP contribution in [-0.4, -0.2) is 15.9 Å². The summed E-state index contributed by atoms with van der Waals surface area (Å²) in [6.07, 6.45) is 1.62. The molecule has 4 N–H and O–H groups in total. The number of hydrogen-bond donors (Lipinski definition) is 3. The molecular weight excluding hydrogens is 319 g/mol. The number of nitrogen functional groups attached to an aromatic ring is 1. The zero-order valence-corrected chi connectivity index (χ0v) is 13.0. The van der Waals surface area contributed by atoms with E-state index in [9.17, 15) is 9.18 Å². The van der Waals surface area contributed by atoms with Crippen LogP contribution in [0.3, 0.4) is 0 Å². The van der Waals surface area contributed by atoms with Gasteiger partial charge in [0.25, 0.3) is 5.91 Å². The first-order valence-corrected chi connectivity index (χ1v) is 7.29. The molecule has 3 rings (SSSR count). The van der Waals surface area contributed by atoms with Gasteiger partial charge in [-0.1, -0.05) is 17.7 Å². The molecule has 23 heavy (non-hydrogen) atoms. The number of hydrazine groups is 1. The molecule has 0 aliphatic carbocycles. The Kier molecular flexibility index (Phi) is 4.02. The van der Waals surface area contributed by atoms with E-state index in [-0.39, 0.29) is 23.1 Å². The first kappa shape index (κ1) is 15.5. The minimum absolute atomic E-state index is 0.177. The number of hydrogen-bond acceptors (Lipinski definition) is 3. The van der Waals surface area contributed by atoms with Gasteiger partial charge in [-0.3, -0.25) is 10.2 Å². The maximum absolute atomic E-state index is 14.8. The van der Waals surface area contributed by atoms with Crippen LogP contribution in [0.15, 0.2) is 30.6 Å². The van der Waals surface area contributed by atoms with Crippen LogP contribution in [0.5, 0.6) is 0 Å². The Bertz CT molecular complexity index is 906. The molecule has 0 radical (unpaired) electrons. The molecule has 0 saturated heterocycles. The summed E-state index contributed by atoms with van der Waals surface area (Å²) in [5.41, 5.74) is 4.90. The summed E-state index contributed by atoms with van der Waals surface area (Å²) in [4.78, 5) is 18.8. The number of fused-ring (bicyclic) bond motifs is 1. The number of nitrogens with two attached hydrogens (primary N) is 1. The zero-order chi connectivity index (χ0) is 16.6. The molecule has 1 amide bonds. The van der Waals surface area contributed by atoms with Gasteiger partial charge < -0.3 is 4.98 Å². The lowest BCUT2D eigenvalue weighted by atomic mass is 9.95. The standard InChI is InChI=1S/C16H14ClFN4O/c1-8-4-10(17)3-2-9(8)5-11-12(16(23)22-19)6-13-15(14(11)18)21-7-20-13/h2-4,6-7H,5,19H2,1H3,(H,20,21)(H,22,23). The highest BCUT2D eigenvalue weighted by atomic mass is 35.5. The lowest BCUT2D eigenvalue weighted by Crippen LogP contribution is -2.31. The number of nitrogens with one attached hydrogen (secondary N) is 2. The fourth-order valence-electron chi connectivity index (χ4n) is 2.58. The quantitative estimate of drug-likeness (QED) is 0.392. The number of imidazole rings is 1. The number of H-pyrrole nitrogens is 1. The van der Waals surface area contributed by atoms with Gasteiger partial charge in [-0.05, 0) is 36.2 Å². The summed E-state index contributed by atoms with van der Waals surface area (Å²) in [6.45, 7) is 1.88. The van der Waals surface area contributed by atoms with E-state index >= 15 is 0 Å². The molecule has 0 unspecified atom stereocenters. The molecular formula is C16H14ClFN4O. The highest BCUT2D eigenvalue weighted by Gasteiger charge is 2.20. The topological polar surface area (TPSA) is 83.8 Å². The Morgan fingerprint density at radius 1 is 1.43 bits per heavy atom. The Labute approximate surface area is 136 Å². The Balaban J connectivity index is 2.17. The summed E-state index contributed by atoms with van der Waals surface area (Å²) in [5.74, 6) is 4.14. The van der Waals surface area contributed by atoms with E-state index in [1.54, 1.807) is 18.2 Å². The molecule has 0 spiro atoms. The monoisotopic (exact) mass is 332 g/mol. The second-order valence-corrected chi connectivity index (χ2v) is 5.67. The van der Waals surface area contributed by atoms with E-state index < -0.39 is 11.7 Å². The van der Waals surface area contributed by atoms with Gasteiger partial charge in [0.05, 0.1) is 11.8 Å². The molecule has 3 aromatic rings. The van der Waals surface area contributed by atoms with Crippen molar-refractivity contribution in [3.05, 3.63) is 63.7 Å². The van der Waals surface area contributed by atoms with E-state index in [1.165, 1.54) is 6.33 Å². The number of aromatic amines is 1. The summed E-state index contributed by atoms with van der Waals surface area (Å²) in [7, 11) is 0. The van der Waals surface area contributed by atoms with Crippen molar-refractivity contribution < 1.29 is 9.18 Å². The summed E-state index contributed by atoms with van der Waals surface area (Å²) >= 11 is 5.95. The van der Waals surface area contributed by atoms with Crippen LogP contribution < -0.4 is 11.3 Å². The third-order valence-electron chi connectivity index (χ3n) is 3.80. The Hall–Kier alpha value is -2.44. The summed E-state index contributed by atoms with van der Waals surface area (Å²) < 4.78 is 14.8. The molecule has 0 fully saturated rings.